The molecule has 0 aliphatic rings. The maximum absolute atomic E-state index is 10.2. The van der Waals surface area contributed by atoms with Gasteiger partial charge in [0.05, 0.1) is 16.6 Å². The SMILES string of the molecule is Cl.N[C@@H](c1ccc(O)c(Br)c1)[C@H](O)Cc1ccccc1. The zero-order valence-corrected chi connectivity index (χ0v) is 13.1. The van der Waals surface area contributed by atoms with Crippen LogP contribution in [0.1, 0.15) is 17.2 Å². The van der Waals surface area contributed by atoms with Crippen LogP contribution in [0.5, 0.6) is 5.75 Å². The summed E-state index contributed by atoms with van der Waals surface area (Å²) in [5, 5.41) is 19.6. The van der Waals surface area contributed by atoms with Gasteiger partial charge in [0.2, 0.25) is 0 Å². The summed E-state index contributed by atoms with van der Waals surface area (Å²) in [6, 6.07) is 14.3. The molecule has 0 radical (unpaired) electrons. The molecule has 0 aromatic heterocycles. The molecule has 2 atom stereocenters. The van der Waals surface area contributed by atoms with Crippen LogP contribution in [-0.4, -0.2) is 16.3 Å². The first-order valence-electron chi connectivity index (χ1n) is 6.04. The van der Waals surface area contributed by atoms with E-state index in [2.05, 4.69) is 15.9 Å². The molecule has 2 rings (SSSR count). The van der Waals surface area contributed by atoms with Crippen molar-refractivity contribution in [2.45, 2.75) is 18.6 Å². The summed E-state index contributed by atoms with van der Waals surface area (Å²) in [4.78, 5) is 0. The highest BCUT2D eigenvalue weighted by Crippen LogP contribution is 2.28. The first kappa shape index (κ1) is 17.0. The predicted molar refractivity (Wildman–Crippen MR) is 86.1 cm³/mol. The van der Waals surface area contributed by atoms with Gasteiger partial charge in [-0.2, -0.15) is 0 Å². The number of halogens is 2. The molecular formula is C15H17BrClNO2. The summed E-state index contributed by atoms with van der Waals surface area (Å²) in [7, 11) is 0. The second-order valence-corrected chi connectivity index (χ2v) is 5.35. The van der Waals surface area contributed by atoms with Gasteiger partial charge in [0.25, 0.3) is 0 Å². The first-order valence-corrected chi connectivity index (χ1v) is 6.83. The summed E-state index contributed by atoms with van der Waals surface area (Å²) >= 11 is 3.24. The number of benzene rings is 2. The molecule has 4 N–H and O–H groups in total. The number of nitrogens with two attached hydrogens (primary N) is 1. The smallest absolute Gasteiger partial charge is 0.129 e. The predicted octanol–water partition coefficient (Wildman–Crippen LogP) is 3.18. The molecule has 0 saturated heterocycles. The number of aromatic hydroxyl groups is 1. The van der Waals surface area contributed by atoms with Gasteiger partial charge < -0.3 is 15.9 Å². The van der Waals surface area contributed by atoms with E-state index in [4.69, 9.17) is 5.73 Å². The maximum Gasteiger partial charge on any atom is 0.129 e. The molecule has 0 aliphatic heterocycles. The lowest BCUT2D eigenvalue weighted by Crippen LogP contribution is -2.28. The Labute approximate surface area is 133 Å². The summed E-state index contributed by atoms with van der Waals surface area (Å²) in [6.45, 7) is 0. The standard InChI is InChI=1S/C15H16BrNO2.ClH/c16-12-9-11(6-7-13(12)18)15(17)14(19)8-10-4-2-1-3-5-10;/h1-7,9,14-15,18-19H,8,17H2;1H/t14-,15+;/m1./s1. The highest BCUT2D eigenvalue weighted by atomic mass is 79.9. The average molecular weight is 359 g/mol. The molecule has 0 bridgehead atoms. The van der Waals surface area contributed by atoms with E-state index in [1.165, 1.54) is 0 Å². The molecule has 2 aromatic carbocycles. The van der Waals surface area contributed by atoms with Crippen LogP contribution in [0.4, 0.5) is 0 Å². The van der Waals surface area contributed by atoms with Crippen molar-refractivity contribution >= 4 is 28.3 Å². The molecule has 5 heteroatoms. The largest absolute Gasteiger partial charge is 0.507 e. The Bertz CT molecular complexity index is 551. The first-order chi connectivity index (χ1) is 9.08. The fourth-order valence-corrected chi connectivity index (χ4v) is 2.33. The Hall–Kier alpha value is -1.07. The number of aliphatic hydroxyl groups excluding tert-OH is 1. The number of hydrogen-bond acceptors (Lipinski definition) is 3. The molecule has 108 valence electrons. The average Bonchev–Trinajstić information content (AvgIpc) is 2.42. The van der Waals surface area contributed by atoms with Crippen LogP contribution < -0.4 is 5.73 Å². The summed E-state index contributed by atoms with van der Waals surface area (Å²) in [6.07, 6.45) is -0.167. The molecular weight excluding hydrogens is 342 g/mol. The molecule has 0 heterocycles. The van der Waals surface area contributed by atoms with Crippen molar-refractivity contribution in [2.24, 2.45) is 5.73 Å². The van der Waals surface area contributed by atoms with Gasteiger partial charge in [-0.05, 0) is 39.2 Å². The lowest BCUT2D eigenvalue weighted by Gasteiger charge is -2.19. The van der Waals surface area contributed by atoms with Crippen molar-refractivity contribution in [3.63, 3.8) is 0 Å². The fraction of sp³-hybridized carbons (Fsp3) is 0.200. The lowest BCUT2D eigenvalue weighted by molar-refractivity contribution is 0.145. The molecule has 3 nitrogen and oxygen atoms in total. The highest BCUT2D eigenvalue weighted by molar-refractivity contribution is 9.10. The quantitative estimate of drug-likeness (QED) is 0.786. The Morgan fingerprint density at radius 1 is 1.10 bits per heavy atom. The maximum atomic E-state index is 10.2. The van der Waals surface area contributed by atoms with Gasteiger partial charge in [-0.3, -0.25) is 0 Å². The van der Waals surface area contributed by atoms with Crippen LogP contribution in [0.15, 0.2) is 53.0 Å². The third-order valence-corrected chi connectivity index (χ3v) is 3.69. The summed E-state index contributed by atoms with van der Waals surface area (Å²) in [5.41, 5.74) is 7.88. The van der Waals surface area contributed by atoms with E-state index in [1.54, 1.807) is 18.2 Å². The molecule has 0 aliphatic carbocycles. The van der Waals surface area contributed by atoms with E-state index in [0.29, 0.717) is 10.9 Å². The number of phenolic OH excluding ortho intramolecular Hbond substituents is 1. The van der Waals surface area contributed by atoms with E-state index >= 15 is 0 Å². The summed E-state index contributed by atoms with van der Waals surface area (Å²) in [5.74, 6) is 0.161. The Balaban J connectivity index is 0.00000200. The van der Waals surface area contributed by atoms with Crippen molar-refractivity contribution in [2.75, 3.05) is 0 Å². The zero-order valence-electron chi connectivity index (χ0n) is 10.7. The van der Waals surface area contributed by atoms with Crippen molar-refractivity contribution in [3.8, 4) is 5.75 Å². The van der Waals surface area contributed by atoms with E-state index in [0.717, 1.165) is 11.1 Å². The van der Waals surface area contributed by atoms with E-state index in [1.807, 2.05) is 30.3 Å². The van der Waals surface area contributed by atoms with Crippen molar-refractivity contribution < 1.29 is 10.2 Å². The van der Waals surface area contributed by atoms with Gasteiger partial charge in [-0.25, -0.2) is 0 Å². The number of rotatable bonds is 4. The minimum atomic E-state index is -0.668. The molecule has 0 amide bonds. The van der Waals surface area contributed by atoms with Crippen LogP contribution in [-0.2, 0) is 6.42 Å². The molecule has 0 fully saturated rings. The fourth-order valence-electron chi connectivity index (χ4n) is 1.94. The van der Waals surface area contributed by atoms with Gasteiger partial charge in [0.15, 0.2) is 0 Å². The second-order valence-electron chi connectivity index (χ2n) is 4.49. The van der Waals surface area contributed by atoms with E-state index in [9.17, 15) is 10.2 Å². The molecule has 2 aromatic rings. The van der Waals surface area contributed by atoms with Gasteiger partial charge in [0.1, 0.15) is 5.75 Å². The number of hydrogen-bond donors (Lipinski definition) is 3. The van der Waals surface area contributed by atoms with Crippen LogP contribution in [0.25, 0.3) is 0 Å². The van der Waals surface area contributed by atoms with Crippen LogP contribution in [0.3, 0.4) is 0 Å². The summed E-state index contributed by atoms with van der Waals surface area (Å²) < 4.78 is 0.576. The third-order valence-electron chi connectivity index (χ3n) is 3.06. The Morgan fingerprint density at radius 3 is 2.35 bits per heavy atom. The highest BCUT2D eigenvalue weighted by Gasteiger charge is 2.18. The van der Waals surface area contributed by atoms with Crippen LogP contribution in [0, 0.1) is 0 Å². The van der Waals surface area contributed by atoms with Crippen molar-refractivity contribution in [3.05, 3.63) is 64.1 Å². The molecule has 0 spiro atoms. The van der Waals surface area contributed by atoms with Crippen LogP contribution >= 0.6 is 28.3 Å². The zero-order chi connectivity index (χ0) is 13.8. The topological polar surface area (TPSA) is 66.5 Å². The van der Waals surface area contributed by atoms with Crippen LogP contribution in [0.2, 0.25) is 0 Å². The third kappa shape index (κ3) is 4.21. The lowest BCUT2D eigenvalue weighted by atomic mass is 9.97. The number of aliphatic hydroxyl groups is 1. The minimum absolute atomic E-state index is 0. The van der Waals surface area contributed by atoms with E-state index < -0.39 is 12.1 Å². The Kier molecular flexibility index (Phi) is 6.49. The normalized spacial score (nSPS) is 13.3. The van der Waals surface area contributed by atoms with Gasteiger partial charge in [-0.15, -0.1) is 12.4 Å². The van der Waals surface area contributed by atoms with Gasteiger partial charge in [0, 0.05) is 6.42 Å². The number of phenols is 1. The second kappa shape index (κ2) is 7.64. The Morgan fingerprint density at radius 2 is 1.75 bits per heavy atom. The van der Waals surface area contributed by atoms with Gasteiger partial charge >= 0.3 is 0 Å². The molecule has 0 unspecified atom stereocenters. The molecule has 0 saturated carbocycles. The van der Waals surface area contributed by atoms with E-state index in [-0.39, 0.29) is 18.2 Å². The molecule has 20 heavy (non-hydrogen) atoms. The van der Waals surface area contributed by atoms with Crippen molar-refractivity contribution in [1.29, 1.82) is 0 Å². The monoisotopic (exact) mass is 357 g/mol. The van der Waals surface area contributed by atoms with Gasteiger partial charge in [-0.1, -0.05) is 36.4 Å². The van der Waals surface area contributed by atoms with Crippen molar-refractivity contribution in [1.82, 2.24) is 0 Å². The minimum Gasteiger partial charge on any atom is -0.507 e.